The summed E-state index contributed by atoms with van der Waals surface area (Å²) in [5, 5.41) is 1.70. The lowest BCUT2D eigenvalue weighted by Crippen LogP contribution is -2.61. The van der Waals surface area contributed by atoms with E-state index in [0.29, 0.717) is 5.73 Å². The van der Waals surface area contributed by atoms with Crippen molar-refractivity contribution in [1.82, 2.24) is 0 Å². The third kappa shape index (κ3) is 4.95. The van der Waals surface area contributed by atoms with Gasteiger partial charge in [-0.05, 0) is 37.8 Å². The monoisotopic (exact) mass is 348 g/mol. The maximum Gasteiger partial charge on any atom is 0.122 e. The van der Waals surface area contributed by atoms with Crippen LogP contribution >= 0.6 is 0 Å². The summed E-state index contributed by atoms with van der Waals surface area (Å²) in [6.45, 7) is 14.8. The Bertz CT molecular complexity index is 459. The summed E-state index contributed by atoms with van der Waals surface area (Å²) in [4.78, 5) is 0. The van der Waals surface area contributed by atoms with Crippen molar-refractivity contribution in [3.8, 4) is 0 Å². The Labute approximate surface area is 152 Å². The first-order valence-electron chi connectivity index (χ1n) is 10.3. The minimum Gasteiger partial charge on any atom is -0.382 e. The van der Waals surface area contributed by atoms with E-state index in [1.165, 1.54) is 44.6 Å². The molecule has 138 valence electrons. The third-order valence-electron chi connectivity index (χ3n) is 5.90. The van der Waals surface area contributed by atoms with Gasteiger partial charge in [-0.15, -0.1) is 0 Å². The van der Waals surface area contributed by atoms with Crippen LogP contribution in [-0.2, 0) is 11.2 Å². The summed E-state index contributed by atoms with van der Waals surface area (Å²) in [6, 6.07) is 10.7. The number of unbranched alkanes of at least 4 members (excludes halogenated alkanes) is 2. The lowest BCUT2D eigenvalue weighted by Gasteiger charge is -2.43. The van der Waals surface area contributed by atoms with Gasteiger partial charge in [-0.2, -0.15) is 0 Å². The zero-order chi connectivity index (χ0) is 18.0. The molecule has 3 atom stereocenters. The van der Waals surface area contributed by atoms with Crippen molar-refractivity contribution in [2.75, 3.05) is 6.61 Å². The van der Waals surface area contributed by atoms with E-state index in [2.05, 4.69) is 65.8 Å². The highest BCUT2D eigenvalue weighted by molar-refractivity contribution is 6.94. The maximum atomic E-state index is 6.30. The van der Waals surface area contributed by atoms with Gasteiger partial charge in [0.05, 0.1) is 5.73 Å². The molecular weight excluding hydrogens is 308 g/mol. The molecular formula is C22H40OSi. The Hall–Kier alpha value is -0.603. The van der Waals surface area contributed by atoms with E-state index >= 15 is 0 Å². The second-order valence-corrected chi connectivity index (χ2v) is 12.2. The molecule has 24 heavy (non-hydrogen) atoms. The molecule has 0 saturated heterocycles. The lowest BCUT2D eigenvalue weighted by atomic mass is 10.1. The van der Waals surface area contributed by atoms with Crippen molar-refractivity contribution in [3.05, 3.63) is 29.8 Å². The van der Waals surface area contributed by atoms with Crippen molar-refractivity contribution in [2.45, 2.75) is 97.4 Å². The van der Waals surface area contributed by atoms with Gasteiger partial charge in [0.1, 0.15) is 8.07 Å². The van der Waals surface area contributed by atoms with Crippen LogP contribution in [0.15, 0.2) is 24.3 Å². The smallest absolute Gasteiger partial charge is 0.122 e. The minimum absolute atomic E-state index is 0.395. The van der Waals surface area contributed by atoms with Gasteiger partial charge in [-0.3, -0.25) is 0 Å². The highest BCUT2D eigenvalue weighted by Gasteiger charge is 2.45. The largest absolute Gasteiger partial charge is 0.382 e. The van der Waals surface area contributed by atoms with Gasteiger partial charge in [0.25, 0.3) is 0 Å². The van der Waals surface area contributed by atoms with E-state index in [9.17, 15) is 0 Å². The summed E-state index contributed by atoms with van der Waals surface area (Å²) in [7, 11) is -1.74. The van der Waals surface area contributed by atoms with E-state index in [-0.39, 0.29) is 0 Å². The number of rotatable bonds is 12. The Morgan fingerprint density at radius 2 is 1.62 bits per heavy atom. The molecule has 0 heterocycles. The molecule has 0 N–H and O–H groups in total. The Morgan fingerprint density at radius 3 is 2.21 bits per heavy atom. The van der Waals surface area contributed by atoms with E-state index < -0.39 is 8.07 Å². The molecule has 0 aliphatic carbocycles. The molecule has 3 unspecified atom stereocenters. The first-order valence-corrected chi connectivity index (χ1v) is 12.6. The molecule has 2 heteroatoms. The first-order chi connectivity index (χ1) is 11.6. The van der Waals surface area contributed by atoms with Crippen LogP contribution in [0, 0.1) is 0 Å². The zero-order valence-corrected chi connectivity index (χ0v) is 18.0. The summed E-state index contributed by atoms with van der Waals surface area (Å²) >= 11 is 0. The van der Waals surface area contributed by atoms with Crippen LogP contribution in [0.1, 0.15) is 79.2 Å². The summed E-state index contributed by atoms with van der Waals surface area (Å²) in [5.74, 6) is 0. The van der Waals surface area contributed by atoms with E-state index in [0.717, 1.165) is 12.1 Å². The molecule has 1 rings (SSSR count). The molecule has 0 fully saturated rings. The molecule has 0 radical (unpaired) electrons. The fourth-order valence-corrected chi connectivity index (χ4v) is 10.5. The average molecular weight is 349 g/mol. The average Bonchev–Trinajstić information content (AvgIpc) is 2.61. The quantitative estimate of drug-likeness (QED) is 0.406. The Morgan fingerprint density at radius 1 is 0.958 bits per heavy atom. The van der Waals surface area contributed by atoms with Crippen LogP contribution in [0.4, 0.5) is 0 Å². The van der Waals surface area contributed by atoms with Gasteiger partial charge in [0.15, 0.2) is 0 Å². The molecule has 0 aliphatic rings. The highest BCUT2D eigenvalue weighted by Crippen LogP contribution is 2.35. The second kappa shape index (κ2) is 11.1. The van der Waals surface area contributed by atoms with Crippen LogP contribution in [0.25, 0.3) is 0 Å². The molecule has 0 saturated carbocycles. The van der Waals surface area contributed by atoms with Crippen molar-refractivity contribution in [1.29, 1.82) is 0 Å². The SMILES string of the molecule is CCCCc1ccccc1[Si](CCCC)(C(C)CC)C(C)OCC. The first kappa shape index (κ1) is 21.4. The maximum absolute atomic E-state index is 6.30. The predicted octanol–water partition coefficient (Wildman–Crippen LogP) is 6.25. The van der Waals surface area contributed by atoms with Crippen LogP contribution in [0.5, 0.6) is 0 Å². The minimum atomic E-state index is -1.74. The van der Waals surface area contributed by atoms with Gasteiger partial charge < -0.3 is 4.74 Å². The second-order valence-electron chi connectivity index (χ2n) is 7.31. The number of hydrogen-bond acceptors (Lipinski definition) is 1. The molecule has 0 bridgehead atoms. The van der Waals surface area contributed by atoms with E-state index in [4.69, 9.17) is 4.74 Å². The number of hydrogen-bond donors (Lipinski definition) is 0. The van der Waals surface area contributed by atoms with Crippen molar-refractivity contribution in [3.63, 3.8) is 0 Å². The fourth-order valence-electron chi connectivity index (χ4n) is 4.26. The third-order valence-corrected chi connectivity index (χ3v) is 12.4. The Balaban J connectivity index is 3.43. The van der Waals surface area contributed by atoms with Crippen molar-refractivity contribution in [2.24, 2.45) is 0 Å². The molecule has 0 spiro atoms. The number of aryl methyl sites for hydroxylation is 1. The van der Waals surface area contributed by atoms with Crippen LogP contribution < -0.4 is 5.19 Å². The summed E-state index contributed by atoms with van der Waals surface area (Å²) < 4.78 is 6.30. The molecule has 0 aliphatic heterocycles. The summed E-state index contributed by atoms with van der Waals surface area (Å²) in [6.07, 6.45) is 7.65. The number of benzene rings is 1. The number of ether oxygens (including phenoxy) is 1. The van der Waals surface area contributed by atoms with E-state index in [1.54, 1.807) is 10.8 Å². The fraction of sp³-hybridized carbons (Fsp3) is 0.727. The van der Waals surface area contributed by atoms with Crippen LogP contribution in [0.2, 0.25) is 11.6 Å². The van der Waals surface area contributed by atoms with Gasteiger partial charge in [-0.1, -0.05) is 88.9 Å². The van der Waals surface area contributed by atoms with Crippen LogP contribution in [0.3, 0.4) is 0 Å². The molecule has 0 amide bonds. The topological polar surface area (TPSA) is 9.23 Å². The highest BCUT2D eigenvalue weighted by atomic mass is 28.3. The van der Waals surface area contributed by atoms with Gasteiger partial charge in [-0.25, -0.2) is 0 Å². The molecule has 1 aromatic carbocycles. The van der Waals surface area contributed by atoms with Gasteiger partial charge in [0.2, 0.25) is 0 Å². The molecule has 1 aromatic rings. The van der Waals surface area contributed by atoms with Gasteiger partial charge in [0, 0.05) is 6.61 Å². The van der Waals surface area contributed by atoms with Gasteiger partial charge >= 0.3 is 0 Å². The molecule has 1 nitrogen and oxygen atoms in total. The standard InChI is InChI=1S/C22H40OSi/c1-7-11-15-21-16-13-14-17-22(21)24(18-12-8-2,19(5)9-3)20(6)23-10-4/h13-14,16-17,19-20H,7-12,15,18H2,1-6H3. The normalized spacial score (nSPS) is 16.6. The van der Waals surface area contributed by atoms with Crippen molar-refractivity contribution < 1.29 is 4.74 Å². The lowest BCUT2D eigenvalue weighted by molar-refractivity contribution is 0.122. The molecule has 0 aromatic heterocycles. The zero-order valence-electron chi connectivity index (χ0n) is 17.0. The summed E-state index contributed by atoms with van der Waals surface area (Å²) in [5.41, 5.74) is 2.76. The van der Waals surface area contributed by atoms with E-state index in [1.807, 2.05) is 0 Å². The Kier molecular flexibility index (Phi) is 9.91. The van der Waals surface area contributed by atoms with Crippen LogP contribution in [-0.4, -0.2) is 20.4 Å². The predicted molar refractivity (Wildman–Crippen MR) is 111 cm³/mol. The van der Waals surface area contributed by atoms with Crippen molar-refractivity contribution >= 4 is 13.3 Å².